The van der Waals surface area contributed by atoms with Crippen LogP contribution in [0.1, 0.15) is 5.56 Å². The Bertz CT molecular complexity index is 492. The number of methoxy groups -OCH3 is 4. The van der Waals surface area contributed by atoms with Crippen molar-refractivity contribution in [2.24, 2.45) is 0 Å². The molecule has 0 aliphatic rings. The first-order valence-corrected chi connectivity index (χ1v) is 5.89. The van der Waals surface area contributed by atoms with E-state index >= 15 is 0 Å². The Labute approximate surface area is 118 Å². The lowest BCUT2D eigenvalue weighted by Crippen LogP contribution is -1.95. The molecule has 5 nitrogen and oxygen atoms in total. The number of allylic oxidation sites excluding steroid dienone is 2. The summed E-state index contributed by atoms with van der Waals surface area (Å²) in [6.07, 6.45) is 6.45. The number of hydrogen-bond acceptors (Lipinski definition) is 5. The summed E-state index contributed by atoms with van der Waals surface area (Å²) in [5.74, 6) is 1.28. The third-order valence-electron chi connectivity index (χ3n) is 2.52. The van der Waals surface area contributed by atoms with E-state index in [-0.39, 0.29) is 0 Å². The van der Waals surface area contributed by atoms with Crippen LogP contribution in [0.3, 0.4) is 0 Å². The molecule has 0 heterocycles. The minimum absolute atomic E-state index is 0.403. The van der Waals surface area contributed by atoms with E-state index in [9.17, 15) is 4.79 Å². The minimum atomic E-state index is -0.403. The van der Waals surface area contributed by atoms with Gasteiger partial charge in [0.1, 0.15) is 0 Å². The Morgan fingerprint density at radius 3 is 2.00 bits per heavy atom. The highest BCUT2D eigenvalue weighted by molar-refractivity contribution is 5.82. The van der Waals surface area contributed by atoms with Gasteiger partial charge in [-0.05, 0) is 17.7 Å². The number of ether oxygens (including phenoxy) is 4. The standard InChI is InChI=1S/C15H18O5/c1-17-12-9-11(7-5-6-8-14(16)19-3)10-13(18-2)15(12)20-4/h5-10H,1-4H3. The number of rotatable bonds is 6. The molecule has 0 aromatic heterocycles. The third kappa shape index (κ3) is 4.05. The summed E-state index contributed by atoms with van der Waals surface area (Å²) in [5, 5.41) is 0. The first-order chi connectivity index (χ1) is 9.65. The molecule has 0 amide bonds. The monoisotopic (exact) mass is 278 g/mol. The molecule has 0 N–H and O–H groups in total. The van der Waals surface area contributed by atoms with Crippen molar-refractivity contribution in [2.45, 2.75) is 0 Å². The smallest absolute Gasteiger partial charge is 0.330 e. The fraction of sp³-hybridized carbons (Fsp3) is 0.267. The average Bonchev–Trinajstić information content (AvgIpc) is 2.49. The molecule has 1 aromatic carbocycles. The molecule has 0 unspecified atom stereocenters. The Balaban J connectivity index is 2.99. The number of esters is 1. The Hall–Kier alpha value is -2.43. The van der Waals surface area contributed by atoms with E-state index in [1.807, 2.05) is 18.2 Å². The molecular weight excluding hydrogens is 260 g/mol. The fourth-order valence-electron chi connectivity index (χ4n) is 1.57. The highest BCUT2D eigenvalue weighted by Gasteiger charge is 2.11. The summed E-state index contributed by atoms with van der Waals surface area (Å²) in [6, 6.07) is 3.62. The second-order valence-electron chi connectivity index (χ2n) is 3.70. The van der Waals surface area contributed by atoms with Gasteiger partial charge in [0.2, 0.25) is 5.75 Å². The van der Waals surface area contributed by atoms with E-state index in [0.29, 0.717) is 17.2 Å². The van der Waals surface area contributed by atoms with Crippen molar-refractivity contribution < 1.29 is 23.7 Å². The highest BCUT2D eigenvalue weighted by atomic mass is 16.5. The lowest BCUT2D eigenvalue weighted by Gasteiger charge is -2.12. The van der Waals surface area contributed by atoms with E-state index in [1.165, 1.54) is 13.2 Å². The third-order valence-corrected chi connectivity index (χ3v) is 2.52. The van der Waals surface area contributed by atoms with Gasteiger partial charge >= 0.3 is 5.97 Å². The van der Waals surface area contributed by atoms with Crippen LogP contribution in [0.2, 0.25) is 0 Å². The molecule has 108 valence electrons. The molecule has 0 atom stereocenters. The number of carbonyl (C=O) groups excluding carboxylic acids is 1. The van der Waals surface area contributed by atoms with Crippen molar-refractivity contribution in [3.8, 4) is 17.2 Å². The van der Waals surface area contributed by atoms with Gasteiger partial charge in [-0.2, -0.15) is 0 Å². The van der Waals surface area contributed by atoms with Crippen LogP contribution in [0.4, 0.5) is 0 Å². The van der Waals surface area contributed by atoms with Crippen LogP contribution in [0, 0.1) is 0 Å². The van der Waals surface area contributed by atoms with Gasteiger partial charge in [-0.15, -0.1) is 0 Å². The zero-order valence-corrected chi connectivity index (χ0v) is 12.0. The maximum atomic E-state index is 10.9. The molecule has 0 saturated carbocycles. The maximum Gasteiger partial charge on any atom is 0.330 e. The number of hydrogen-bond donors (Lipinski definition) is 0. The molecule has 0 spiro atoms. The molecule has 1 aromatic rings. The topological polar surface area (TPSA) is 54.0 Å². The van der Waals surface area contributed by atoms with Gasteiger partial charge < -0.3 is 18.9 Å². The van der Waals surface area contributed by atoms with Gasteiger partial charge in [-0.3, -0.25) is 0 Å². The van der Waals surface area contributed by atoms with E-state index < -0.39 is 5.97 Å². The average molecular weight is 278 g/mol. The van der Waals surface area contributed by atoms with Gasteiger partial charge in [-0.1, -0.05) is 18.2 Å². The molecule has 0 aliphatic heterocycles. The van der Waals surface area contributed by atoms with Gasteiger partial charge in [0.05, 0.1) is 28.4 Å². The summed E-state index contributed by atoms with van der Waals surface area (Å²) in [7, 11) is 5.99. The summed E-state index contributed by atoms with van der Waals surface area (Å²) < 4.78 is 20.2. The molecule has 1 rings (SSSR count). The van der Waals surface area contributed by atoms with Gasteiger partial charge in [0.15, 0.2) is 11.5 Å². The molecule has 0 aliphatic carbocycles. The number of carbonyl (C=O) groups is 1. The second-order valence-corrected chi connectivity index (χ2v) is 3.70. The Morgan fingerprint density at radius 1 is 0.950 bits per heavy atom. The van der Waals surface area contributed by atoms with E-state index in [2.05, 4.69) is 4.74 Å². The fourth-order valence-corrected chi connectivity index (χ4v) is 1.57. The SMILES string of the molecule is COC(=O)C=CC=Cc1cc(OC)c(OC)c(OC)c1. The summed E-state index contributed by atoms with van der Waals surface area (Å²) in [4.78, 5) is 10.9. The first-order valence-electron chi connectivity index (χ1n) is 5.89. The quantitative estimate of drug-likeness (QED) is 0.454. The van der Waals surface area contributed by atoms with Gasteiger partial charge in [-0.25, -0.2) is 4.79 Å². The van der Waals surface area contributed by atoms with Crippen LogP contribution < -0.4 is 14.2 Å². The van der Waals surface area contributed by atoms with Crippen LogP contribution in [0.25, 0.3) is 6.08 Å². The molecule has 0 radical (unpaired) electrons. The van der Waals surface area contributed by atoms with E-state index in [4.69, 9.17) is 14.2 Å². The molecule has 0 fully saturated rings. The van der Waals surface area contributed by atoms with Crippen LogP contribution in [0.5, 0.6) is 17.2 Å². The largest absolute Gasteiger partial charge is 0.493 e. The summed E-state index contributed by atoms with van der Waals surface area (Å²) in [5.41, 5.74) is 0.856. The molecule has 5 heteroatoms. The van der Waals surface area contributed by atoms with Crippen LogP contribution in [-0.2, 0) is 9.53 Å². The van der Waals surface area contributed by atoms with Crippen LogP contribution in [0.15, 0.2) is 30.4 Å². The molecule has 0 bridgehead atoms. The first kappa shape index (κ1) is 15.6. The zero-order valence-electron chi connectivity index (χ0n) is 12.0. The Morgan fingerprint density at radius 2 is 1.55 bits per heavy atom. The zero-order chi connectivity index (χ0) is 15.0. The highest BCUT2D eigenvalue weighted by Crippen LogP contribution is 2.38. The van der Waals surface area contributed by atoms with Crippen LogP contribution >= 0.6 is 0 Å². The lowest BCUT2D eigenvalue weighted by molar-refractivity contribution is -0.134. The van der Waals surface area contributed by atoms with Crippen molar-refractivity contribution in [1.29, 1.82) is 0 Å². The summed E-state index contributed by atoms with van der Waals surface area (Å²) >= 11 is 0. The van der Waals surface area contributed by atoms with E-state index in [0.717, 1.165) is 5.56 Å². The summed E-state index contributed by atoms with van der Waals surface area (Å²) in [6.45, 7) is 0. The predicted octanol–water partition coefficient (Wildman–Crippen LogP) is 2.45. The molecule has 20 heavy (non-hydrogen) atoms. The molecular formula is C15H18O5. The predicted molar refractivity (Wildman–Crippen MR) is 76.3 cm³/mol. The van der Waals surface area contributed by atoms with Gasteiger partial charge in [0, 0.05) is 6.08 Å². The van der Waals surface area contributed by atoms with Crippen molar-refractivity contribution >= 4 is 12.0 Å². The van der Waals surface area contributed by atoms with Crippen LogP contribution in [-0.4, -0.2) is 34.4 Å². The Kier molecular flexibility index (Phi) is 6.16. The minimum Gasteiger partial charge on any atom is -0.493 e. The van der Waals surface area contributed by atoms with Crippen molar-refractivity contribution in [3.63, 3.8) is 0 Å². The van der Waals surface area contributed by atoms with Crippen molar-refractivity contribution in [3.05, 3.63) is 35.9 Å². The molecule has 0 saturated heterocycles. The van der Waals surface area contributed by atoms with Gasteiger partial charge in [0.25, 0.3) is 0 Å². The normalized spacial score (nSPS) is 10.8. The maximum absolute atomic E-state index is 10.9. The number of benzene rings is 1. The van der Waals surface area contributed by atoms with Crippen molar-refractivity contribution in [1.82, 2.24) is 0 Å². The lowest BCUT2D eigenvalue weighted by atomic mass is 10.1. The van der Waals surface area contributed by atoms with E-state index in [1.54, 1.807) is 33.5 Å². The van der Waals surface area contributed by atoms with Crippen molar-refractivity contribution in [2.75, 3.05) is 28.4 Å². The second kappa shape index (κ2) is 7.89.